The number of nitrogens with one attached hydrogen (secondary N) is 1. The summed E-state index contributed by atoms with van der Waals surface area (Å²) < 4.78 is 6.43. The first kappa shape index (κ1) is 16.8. The number of aromatic nitrogens is 1. The van der Waals surface area contributed by atoms with Crippen molar-refractivity contribution in [2.24, 2.45) is 0 Å². The molecule has 1 N–H and O–H groups in total. The molecule has 0 spiro atoms. The fraction of sp³-hybridized carbons (Fsp3) is 0.222. The van der Waals surface area contributed by atoms with E-state index in [0.29, 0.717) is 5.13 Å². The number of methoxy groups -OCH3 is 1. The first-order valence-electron chi connectivity index (χ1n) is 7.67. The van der Waals surface area contributed by atoms with Crippen LogP contribution < -0.4 is 10.1 Å². The zero-order valence-corrected chi connectivity index (χ0v) is 15.1. The van der Waals surface area contributed by atoms with Crippen molar-refractivity contribution in [3.8, 4) is 5.75 Å². The zero-order chi connectivity index (χ0) is 16.9. The molecule has 1 amide bonds. The second-order valence-corrected chi connectivity index (χ2v) is 7.42. The van der Waals surface area contributed by atoms with Crippen LogP contribution in [-0.2, 0) is 4.79 Å². The van der Waals surface area contributed by atoms with Crippen molar-refractivity contribution in [3.63, 3.8) is 0 Å². The second-order valence-electron chi connectivity index (χ2n) is 5.14. The van der Waals surface area contributed by atoms with Crippen LogP contribution in [0.3, 0.4) is 0 Å². The van der Waals surface area contributed by atoms with Gasteiger partial charge in [-0.15, -0.1) is 11.8 Å². The van der Waals surface area contributed by atoms with Gasteiger partial charge < -0.3 is 10.1 Å². The zero-order valence-electron chi connectivity index (χ0n) is 13.5. The summed E-state index contributed by atoms with van der Waals surface area (Å²) in [6.45, 7) is 2.00. The average Bonchev–Trinajstić information content (AvgIpc) is 3.02. The first-order valence-corrected chi connectivity index (χ1v) is 9.37. The van der Waals surface area contributed by atoms with Gasteiger partial charge in [-0.3, -0.25) is 4.79 Å². The molecule has 0 aliphatic carbocycles. The molecule has 6 heteroatoms. The van der Waals surface area contributed by atoms with E-state index in [2.05, 4.69) is 10.3 Å². The average molecular weight is 358 g/mol. The Morgan fingerprint density at radius 2 is 2.00 bits per heavy atom. The molecule has 1 heterocycles. The number of ether oxygens (including phenoxy) is 1. The van der Waals surface area contributed by atoms with E-state index in [1.165, 1.54) is 23.1 Å². The van der Waals surface area contributed by atoms with Crippen molar-refractivity contribution in [1.82, 2.24) is 4.98 Å². The number of thioether (sulfide) groups is 1. The van der Waals surface area contributed by atoms with E-state index in [0.717, 1.165) is 27.3 Å². The number of thiazole rings is 1. The predicted molar refractivity (Wildman–Crippen MR) is 101 cm³/mol. The van der Waals surface area contributed by atoms with Crippen molar-refractivity contribution in [2.75, 3.05) is 12.4 Å². The molecule has 4 nitrogen and oxygen atoms in total. The molecule has 0 saturated carbocycles. The Labute approximate surface area is 149 Å². The van der Waals surface area contributed by atoms with E-state index in [1.54, 1.807) is 7.11 Å². The molecule has 0 aliphatic rings. The number of rotatable bonds is 6. The van der Waals surface area contributed by atoms with E-state index in [9.17, 15) is 4.79 Å². The number of hydrogen-bond acceptors (Lipinski definition) is 5. The second kappa shape index (κ2) is 7.68. The van der Waals surface area contributed by atoms with E-state index >= 15 is 0 Å². The maximum Gasteiger partial charge on any atom is 0.239 e. The van der Waals surface area contributed by atoms with E-state index in [1.807, 2.05) is 55.5 Å². The monoisotopic (exact) mass is 358 g/mol. The summed E-state index contributed by atoms with van der Waals surface area (Å²) in [6, 6.07) is 15.6. The number of para-hydroxylation sites is 2. The molecule has 0 fully saturated rings. The molecule has 124 valence electrons. The molecule has 1 aromatic heterocycles. The molecule has 1 atom stereocenters. The molecule has 3 rings (SSSR count). The largest absolute Gasteiger partial charge is 0.496 e. The third kappa shape index (κ3) is 3.71. The highest BCUT2D eigenvalue weighted by atomic mass is 32.2. The number of carbonyl (C=O) groups is 1. The highest BCUT2D eigenvalue weighted by molar-refractivity contribution is 8.00. The maximum absolute atomic E-state index is 12.6. The number of amides is 1. The highest BCUT2D eigenvalue weighted by Crippen LogP contribution is 2.34. The lowest BCUT2D eigenvalue weighted by Gasteiger charge is -2.15. The van der Waals surface area contributed by atoms with Crippen LogP contribution >= 0.6 is 23.1 Å². The standard InChI is InChI=1S/C18H18N2O2S2/c1-3-14(23-16-11-7-5-9-13(16)22-2)17(21)20-18-19-12-8-4-6-10-15(12)24-18/h4-11,14H,3H2,1-2H3,(H,19,20,21). The minimum Gasteiger partial charge on any atom is -0.496 e. The van der Waals surface area contributed by atoms with Gasteiger partial charge in [0.25, 0.3) is 0 Å². The minimum atomic E-state index is -0.201. The molecule has 24 heavy (non-hydrogen) atoms. The molecular formula is C18H18N2O2S2. The summed E-state index contributed by atoms with van der Waals surface area (Å²) in [5, 5.41) is 3.39. The summed E-state index contributed by atoms with van der Waals surface area (Å²) in [6.07, 6.45) is 0.722. The summed E-state index contributed by atoms with van der Waals surface area (Å²) in [5.41, 5.74) is 0.906. The van der Waals surface area contributed by atoms with Gasteiger partial charge in [-0.1, -0.05) is 42.5 Å². The summed E-state index contributed by atoms with van der Waals surface area (Å²) in [7, 11) is 1.64. The lowest BCUT2D eigenvalue weighted by Crippen LogP contribution is -2.24. The lowest BCUT2D eigenvalue weighted by atomic mass is 10.3. The number of carbonyl (C=O) groups excluding carboxylic acids is 1. The number of anilines is 1. The minimum absolute atomic E-state index is 0.0348. The fourth-order valence-corrected chi connectivity index (χ4v) is 4.24. The van der Waals surface area contributed by atoms with Gasteiger partial charge in [-0.05, 0) is 30.7 Å². The van der Waals surface area contributed by atoms with Crippen molar-refractivity contribution in [2.45, 2.75) is 23.5 Å². The van der Waals surface area contributed by atoms with Crippen LogP contribution in [-0.4, -0.2) is 23.3 Å². The molecular weight excluding hydrogens is 340 g/mol. The smallest absolute Gasteiger partial charge is 0.239 e. The number of nitrogens with zero attached hydrogens (tertiary/aromatic N) is 1. The van der Waals surface area contributed by atoms with Crippen LogP contribution in [0.25, 0.3) is 10.2 Å². The van der Waals surface area contributed by atoms with Gasteiger partial charge >= 0.3 is 0 Å². The Bertz CT molecular complexity index is 815. The molecule has 0 radical (unpaired) electrons. The van der Waals surface area contributed by atoms with Gasteiger partial charge in [0.05, 0.1) is 27.5 Å². The molecule has 3 aromatic rings. The van der Waals surface area contributed by atoms with Crippen LogP contribution in [0.15, 0.2) is 53.4 Å². The Hall–Kier alpha value is -2.05. The summed E-state index contributed by atoms with van der Waals surface area (Å²) in [5.74, 6) is 0.751. The Kier molecular flexibility index (Phi) is 5.37. The molecule has 0 saturated heterocycles. The van der Waals surface area contributed by atoms with Crippen LogP contribution in [0.1, 0.15) is 13.3 Å². The number of hydrogen-bond donors (Lipinski definition) is 1. The highest BCUT2D eigenvalue weighted by Gasteiger charge is 2.20. The lowest BCUT2D eigenvalue weighted by molar-refractivity contribution is -0.115. The van der Waals surface area contributed by atoms with Gasteiger partial charge in [-0.2, -0.15) is 0 Å². The fourth-order valence-electron chi connectivity index (χ4n) is 2.30. The van der Waals surface area contributed by atoms with Crippen molar-refractivity contribution in [3.05, 3.63) is 48.5 Å². The SMILES string of the molecule is CCC(Sc1ccccc1OC)C(=O)Nc1nc2ccccc2s1. The van der Waals surface area contributed by atoms with Gasteiger partial charge in [0.15, 0.2) is 5.13 Å². The molecule has 2 aromatic carbocycles. The number of fused-ring (bicyclic) bond motifs is 1. The van der Waals surface area contributed by atoms with Crippen LogP contribution in [0.5, 0.6) is 5.75 Å². The number of benzene rings is 2. The third-order valence-corrected chi connectivity index (χ3v) is 5.90. The predicted octanol–water partition coefficient (Wildman–Crippen LogP) is 4.81. The van der Waals surface area contributed by atoms with E-state index in [-0.39, 0.29) is 11.2 Å². The van der Waals surface area contributed by atoms with Crippen molar-refractivity contribution < 1.29 is 9.53 Å². The Morgan fingerprint density at radius 1 is 1.25 bits per heavy atom. The van der Waals surface area contributed by atoms with Gasteiger partial charge in [0, 0.05) is 0 Å². The van der Waals surface area contributed by atoms with Crippen LogP contribution in [0, 0.1) is 0 Å². The first-order chi connectivity index (χ1) is 11.7. The third-order valence-electron chi connectivity index (χ3n) is 3.53. The molecule has 0 bridgehead atoms. The van der Waals surface area contributed by atoms with E-state index < -0.39 is 0 Å². The van der Waals surface area contributed by atoms with Gasteiger partial charge in [-0.25, -0.2) is 4.98 Å². The van der Waals surface area contributed by atoms with E-state index in [4.69, 9.17) is 4.74 Å². The summed E-state index contributed by atoms with van der Waals surface area (Å²) >= 11 is 3.00. The maximum atomic E-state index is 12.6. The molecule has 1 unspecified atom stereocenters. The molecule has 0 aliphatic heterocycles. The summed E-state index contributed by atoms with van der Waals surface area (Å²) in [4.78, 5) is 18.0. The van der Waals surface area contributed by atoms with Crippen LogP contribution in [0.4, 0.5) is 5.13 Å². The van der Waals surface area contributed by atoms with Crippen LogP contribution in [0.2, 0.25) is 0 Å². The Balaban J connectivity index is 1.74. The Morgan fingerprint density at radius 3 is 2.75 bits per heavy atom. The quantitative estimate of drug-likeness (QED) is 0.642. The van der Waals surface area contributed by atoms with Crippen molar-refractivity contribution in [1.29, 1.82) is 0 Å². The normalized spacial score (nSPS) is 12.1. The van der Waals surface area contributed by atoms with Gasteiger partial charge in [0.1, 0.15) is 5.75 Å². The van der Waals surface area contributed by atoms with Crippen molar-refractivity contribution >= 4 is 44.4 Å². The van der Waals surface area contributed by atoms with Gasteiger partial charge in [0.2, 0.25) is 5.91 Å². The topological polar surface area (TPSA) is 51.2 Å².